The van der Waals surface area contributed by atoms with E-state index in [0.717, 1.165) is 11.2 Å². The van der Waals surface area contributed by atoms with Gasteiger partial charge in [0.05, 0.1) is 4.88 Å². The van der Waals surface area contributed by atoms with Crippen LogP contribution in [0.5, 0.6) is 0 Å². The second kappa shape index (κ2) is 7.83. The first-order valence-corrected chi connectivity index (χ1v) is 6.61. The molecule has 0 unspecified atom stereocenters. The van der Waals surface area contributed by atoms with Crippen molar-refractivity contribution in [1.82, 2.24) is 0 Å². The highest BCUT2D eigenvalue weighted by Crippen LogP contribution is 2.30. The molecule has 1 aromatic rings. The first-order valence-electron chi connectivity index (χ1n) is 4.57. The lowest BCUT2D eigenvalue weighted by atomic mass is 10.4. The Kier molecular flexibility index (Phi) is 7.52. The fraction of sp³-hybridized carbons (Fsp3) is 0.364. The largest absolute Gasteiger partial charge is 0.297 e. The van der Waals surface area contributed by atoms with E-state index in [9.17, 15) is 4.79 Å². The van der Waals surface area contributed by atoms with Gasteiger partial charge in [-0.05, 0) is 25.3 Å². The van der Waals surface area contributed by atoms with Gasteiger partial charge in [-0.25, -0.2) is 0 Å². The number of carbonyl (C=O) groups excluding carboxylic acids is 1. The third kappa shape index (κ3) is 3.68. The van der Waals surface area contributed by atoms with Gasteiger partial charge in [-0.1, -0.05) is 19.9 Å². The van der Waals surface area contributed by atoms with Crippen LogP contribution in [0, 0.1) is 0 Å². The summed E-state index contributed by atoms with van der Waals surface area (Å²) in [5, 5.41) is 0. The van der Waals surface area contributed by atoms with E-state index in [0.29, 0.717) is 0 Å². The third-order valence-electron chi connectivity index (χ3n) is 1.47. The van der Waals surface area contributed by atoms with Crippen molar-refractivity contribution in [3.63, 3.8) is 0 Å². The van der Waals surface area contributed by atoms with Gasteiger partial charge < -0.3 is 0 Å². The number of thiophene rings is 1. The van der Waals surface area contributed by atoms with E-state index in [1.165, 1.54) is 21.1 Å². The Morgan fingerprint density at radius 1 is 1.43 bits per heavy atom. The molecular formula is C11H16OS2. The van der Waals surface area contributed by atoms with Gasteiger partial charge in [-0.15, -0.1) is 23.1 Å². The van der Waals surface area contributed by atoms with Gasteiger partial charge in [0.1, 0.15) is 0 Å². The molecule has 0 saturated carbocycles. The number of aldehydes is 1. The van der Waals surface area contributed by atoms with Crippen molar-refractivity contribution in [3.8, 4) is 0 Å². The number of carbonyl (C=O) groups is 1. The van der Waals surface area contributed by atoms with Gasteiger partial charge in [0.2, 0.25) is 0 Å². The average Bonchev–Trinajstić information content (AvgIpc) is 2.71. The lowest BCUT2D eigenvalue weighted by Gasteiger charge is -1.96. The number of rotatable bonds is 3. The Morgan fingerprint density at radius 2 is 2.07 bits per heavy atom. The molecule has 0 aliphatic heterocycles. The molecular weight excluding hydrogens is 212 g/mol. The van der Waals surface area contributed by atoms with Crippen LogP contribution in [0.1, 0.15) is 35.3 Å². The highest BCUT2D eigenvalue weighted by Gasteiger charge is 2.02. The minimum atomic E-state index is 0.790. The summed E-state index contributed by atoms with van der Waals surface area (Å²) >= 11 is 3.24. The second-order valence-corrected chi connectivity index (χ2v) is 4.14. The van der Waals surface area contributed by atoms with E-state index in [1.54, 1.807) is 11.8 Å². The molecule has 0 saturated heterocycles. The smallest absolute Gasteiger partial charge is 0.160 e. The maximum atomic E-state index is 10.4. The molecule has 0 amide bonds. The van der Waals surface area contributed by atoms with Crippen molar-refractivity contribution in [1.29, 1.82) is 0 Å². The van der Waals surface area contributed by atoms with Crippen LogP contribution in [0.3, 0.4) is 0 Å². The molecule has 0 fully saturated rings. The summed E-state index contributed by atoms with van der Waals surface area (Å²) in [5.74, 6) is 0. The van der Waals surface area contributed by atoms with Crippen LogP contribution >= 0.6 is 23.1 Å². The summed E-state index contributed by atoms with van der Waals surface area (Å²) in [4.78, 5) is 13.6. The topological polar surface area (TPSA) is 17.1 Å². The minimum Gasteiger partial charge on any atom is -0.297 e. The van der Waals surface area contributed by atoms with Crippen molar-refractivity contribution < 1.29 is 4.79 Å². The first kappa shape index (κ1) is 13.5. The maximum absolute atomic E-state index is 10.4. The van der Waals surface area contributed by atoms with E-state index < -0.39 is 0 Å². The summed E-state index contributed by atoms with van der Waals surface area (Å²) in [5.41, 5.74) is 0. The second-order valence-electron chi connectivity index (χ2n) is 2.18. The van der Waals surface area contributed by atoms with Crippen LogP contribution in [0.2, 0.25) is 0 Å². The van der Waals surface area contributed by atoms with Gasteiger partial charge in [0.25, 0.3) is 0 Å². The van der Waals surface area contributed by atoms with Gasteiger partial charge in [0.15, 0.2) is 6.29 Å². The molecule has 0 N–H and O–H groups in total. The quantitative estimate of drug-likeness (QED) is 0.717. The molecule has 0 spiro atoms. The standard InChI is InChI=1S/C9H10OS2.C2H6/c1-3-8(11-2)9-5-4-7(6-10)12-9;1-2/h3-6H,1-2H3;1-2H3/b8-3-;. The summed E-state index contributed by atoms with van der Waals surface area (Å²) in [6.45, 7) is 6.01. The van der Waals surface area contributed by atoms with E-state index >= 15 is 0 Å². The van der Waals surface area contributed by atoms with Gasteiger partial charge in [0, 0.05) is 9.78 Å². The van der Waals surface area contributed by atoms with Crippen LogP contribution in [0.15, 0.2) is 18.2 Å². The zero-order valence-electron chi connectivity index (χ0n) is 9.03. The Morgan fingerprint density at radius 3 is 2.43 bits per heavy atom. The minimum absolute atomic E-state index is 0.790. The van der Waals surface area contributed by atoms with Gasteiger partial charge in [-0.3, -0.25) is 4.79 Å². The number of thioether (sulfide) groups is 1. The van der Waals surface area contributed by atoms with Gasteiger partial charge >= 0.3 is 0 Å². The fourth-order valence-electron chi connectivity index (χ4n) is 0.909. The molecule has 14 heavy (non-hydrogen) atoms. The normalized spacial score (nSPS) is 10.4. The molecule has 3 heteroatoms. The molecule has 1 heterocycles. The highest BCUT2D eigenvalue weighted by atomic mass is 32.2. The van der Waals surface area contributed by atoms with Crippen molar-refractivity contribution in [2.45, 2.75) is 20.8 Å². The summed E-state index contributed by atoms with van der Waals surface area (Å²) in [6, 6.07) is 3.84. The Bertz CT molecular complexity index is 300. The number of allylic oxidation sites excluding steroid dienone is 1. The number of hydrogen-bond acceptors (Lipinski definition) is 3. The van der Waals surface area contributed by atoms with Crippen LogP contribution in [0.4, 0.5) is 0 Å². The molecule has 1 aromatic heterocycles. The fourth-order valence-corrected chi connectivity index (χ4v) is 2.58. The zero-order valence-corrected chi connectivity index (χ0v) is 10.7. The SMILES string of the molecule is C/C=C(\SC)c1ccc(C=O)s1.CC. The Hall–Kier alpha value is -0.540. The van der Waals surface area contributed by atoms with Crippen LogP contribution < -0.4 is 0 Å². The first-order chi connectivity index (χ1) is 6.81. The molecule has 0 aliphatic carbocycles. The summed E-state index contributed by atoms with van der Waals surface area (Å²) in [7, 11) is 0. The number of hydrogen-bond donors (Lipinski definition) is 0. The van der Waals surface area contributed by atoms with Crippen molar-refractivity contribution >= 4 is 34.3 Å². The summed E-state index contributed by atoms with van der Waals surface area (Å²) in [6.07, 6.45) is 4.99. The average molecular weight is 228 g/mol. The Labute approximate surface area is 94.2 Å². The maximum Gasteiger partial charge on any atom is 0.160 e. The molecule has 1 nitrogen and oxygen atoms in total. The van der Waals surface area contributed by atoms with E-state index in [-0.39, 0.29) is 0 Å². The van der Waals surface area contributed by atoms with Crippen molar-refractivity contribution in [2.75, 3.05) is 6.26 Å². The highest BCUT2D eigenvalue weighted by molar-refractivity contribution is 8.07. The monoisotopic (exact) mass is 228 g/mol. The molecule has 78 valence electrons. The van der Waals surface area contributed by atoms with Gasteiger partial charge in [-0.2, -0.15) is 0 Å². The molecule has 1 rings (SSSR count). The third-order valence-corrected chi connectivity index (χ3v) is 3.54. The summed E-state index contributed by atoms with van der Waals surface area (Å²) < 4.78 is 0. The lowest BCUT2D eigenvalue weighted by molar-refractivity contribution is 0.112. The van der Waals surface area contributed by atoms with Crippen molar-refractivity contribution in [2.24, 2.45) is 0 Å². The predicted molar refractivity (Wildman–Crippen MR) is 68.2 cm³/mol. The van der Waals surface area contributed by atoms with E-state index in [1.807, 2.05) is 39.2 Å². The molecule has 0 radical (unpaired) electrons. The van der Waals surface area contributed by atoms with Crippen LogP contribution in [-0.4, -0.2) is 12.5 Å². The molecule has 0 atom stereocenters. The van der Waals surface area contributed by atoms with Crippen LogP contribution in [0.25, 0.3) is 4.91 Å². The Balaban J connectivity index is 0.000000791. The molecule has 0 bridgehead atoms. The zero-order chi connectivity index (χ0) is 11.0. The lowest BCUT2D eigenvalue weighted by Crippen LogP contribution is -1.68. The van der Waals surface area contributed by atoms with Crippen LogP contribution in [-0.2, 0) is 0 Å². The van der Waals surface area contributed by atoms with E-state index in [2.05, 4.69) is 6.08 Å². The van der Waals surface area contributed by atoms with Crippen molar-refractivity contribution in [3.05, 3.63) is 28.0 Å². The molecule has 0 aliphatic rings. The predicted octanol–water partition coefficient (Wildman–Crippen LogP) is 4.31. The molecule has 0 aromatic carbocycles. The van der Waals surface area contributed by atoms with E-state index in [4.69, 9.17) is 0 Å².